The highest BCUT2D eigenvalue weighted by molar-refractivity contribution is 7.80. The van der Waals surface area contributed by atoms with Crippen LogP contribution in [0.2, 0.25) is 0 Å². The van der Waals surface area contributed by atoms with Crippen molar-refractivity contribution in [2.75, 3.05) is 19.7 Å². The average Bonchev–Trinajstić information content (AvgIpc) is 2.77. The molecule has 158 valence electrons. The van der Waals surface area contributed by atoms with Crippen LogP contribution in [0.15, 0.2) is 59.4 Å². The Bertz CT molecular complexity index is 1030. The summed E-state index contributed by atoms with van der Waals surface area (Å²) >= 11 is 5.60. The van der Waals surface area contributed by atoms with Gasteiger partial charge in [-0.15, -0.1) is 0 Å². The SMILES string of the molecule is CCc1ccc2[nH]c(=O)c(CN(CCCO)C(=S)NCCc3ccccc3)cc2c1. The normalized spacial score (nSPS) is 10.9. The summed E-state index contributed by atoms with van der Waals surface area (Å²) in [5.74, 6) is 0. The fraction of sp³-hybridized carbons (Fsp3) is 0.333. The van der Waals surface area contributed by atoms with Gasteiger partial charge in [0.2, 0.25) is 0 Å². The van der Waals surface area contributed by atoms with E-state index < -0.39 is 0 Å². The first-order valence-electron chi connectivity index (χ1n) is 10.4. The molecule has 3 rings (SSSR count). The molecule has 0 atom stereocenters. The van der Waals surface area contributed by atoms with Crippen LogP contribution < -0.4 is 10.9 Å². The van der Waals surface area contributed by atoms with Crippen molar-refractivity contribution in [3.8, 4) is 0 Å². The average molecular weight is 424 g/mol. The number of aromatic amines is 1. The molecule has 0 unspecified atom stereocenters. The van der Waals surface area contributed by atoms with E-state index >= 15 is 0 Å². The van der Waals surface area contributed by atoms with Crippen molar-refractivity contribution in [3.63, 3.8) is 0 Å². The number of benzene rings is 2. The predicted octanol–water partition coefficient (Wildman–Crippen LogP) is 3.39. The Balaban J connectivity index is 1.72. The van der Waals surface area contributed by atoms with Crippen LogP contribution in [0.5, 0.6) is 0 Å². The zero-order valence-electron chi connectivity index (χ0n) is 17.4. The molecule has 0 bridgehead atoms. The van der Waals surface area contributed by atoms with Crippen molar-refractivity contribution in [3.05, 3.63) is 81.6 Å². The number of rotatable bonds is 9. The van der Waals surface area contributed by atoms with Gasteiger partial charge < -0.3 is 20.3 Å². The maximum atomic E-state index is 12.6. The molecule has 0 saturated heterocycles. The Morgan fingerprint density at radius 1 is 1.13 bits per heavy atom. The number of H-pyrrole nitrogens is 1. The minimum Gasteiger partial charge on any atom is -0.396 e. The first kappa shape index (κ1) is 22.0. The maximum absolute atomic E-state index is 12.6. The van der Waals surface area contributed by atoms with E-state index in [0.717, 1.165) is 23.7 Å². The summed E-state index contributed by atoms with van der Waals surface area (Å²) < 4.78 is 0. The summed E-state index contributed by atoms with van der Waals surface area (Å²) in [6.45, 7) is 3.90. The Labute approximate surface area is 182 Å². The molecule has 5 nitrogen and oxygen atoms in total. The predicted molar refractivity (Wildman–Crippen MR) is 127 cm³/mol. The summed E-state index contributed by atoms with van der Waals surface area (Å²) in [7, 11) is 0. The van der Waals surface area contributed by atoms with Crippen LogP contribution >= 0.6 is 12.2 Å². The van der Waals surface area contributed by atoms with Gasteiger partial charge in [-0.2, -0.15) is 0 Å². The molecule has 0 aliphatic heterocycles. The Morgan fingerprint density at radius 3 is 2.67 bits per heavy atom. The zero-order valence-corrected chi connectivity index (χ0v) is 18.2. The van der Waals surface area contributed by atoms with E-state index in [1.54, 1.807) is 0 Å². The number of pyridine rings is 1. The number of aliphatic hydroxyl groups is 1. The standard InChI is InChI=1S/C24H29N3O2S/c1-2-18-9-10-22-20(15-18)16-21(23(29)26-22)17-27(13-6-14-28)24(30)25-12-11-19-7-4-3-5-8-19/h3-5,7-10,15-16,28H,2,6,11-14,17H2,1H3,(H,25,30)(H,26,29). The molecule has 0 aliphatic carbocycles. The molecule has 30 heavy (non-hydrogen) atoms. The van der Waals surface area contributed by atoms with Gasteiger partial charge in [0.1, 0.15) is 0 Å². The summed E-state index contributed by atoms with van der Waals surface area (Å²) in [6.07, 6.45) is 2.40. The van der Waals surface area contributed by atoms with Crippen LogP contribution in [-0.4, -0.2) is 39.8 Å². The van der Waals surface area contributed by atoms with Gasteiger partial charge in [0.25, 0.3) is 5.56 Å². The fourth-order valence-electron chi connectivity index (χ4n) is 3.43. The molecule has 3 N–H and O–H groups in total. The zero-order chi connectivity index (χ0) is 21.3. The van der Waals surface area contributed by atoms with E-state index in [0.29, 0.717) is 36.7 Å². The summed E-state index contributed by atoms with van der Waals surface area (Å²) in [4.78, 5) is 17.6. The van der Waals surface area contributed by atoms with Crippen molar-refractivity contribution >= 4 is 28.2 Å². The molecule has 1 heterocycles. The summed E-state index contributed by atoms with van der Waals surface area (Å²) in [6, 6.07) is 18.3. The molecule has 2 aromatic carbocycles. The molecule has 6 heteroatoms. The fourth-order valence-corrected chi connectivity index (χ4v) is 3.69. The van der Waals surface area contributed by atoms with Crippen molar-refractivity contribution < 1.29 is 5.11 Å². The van der Waals surface area contributed by atoms with Gasteiger partial charge in [-0.25, -0.2) is 0 Å². The first-order chi connectivity index (χ1) is 14.6. The topological polar surface area (TPSA) is 68.4 Å². The second-order valence-electron chi connectivity index (χ2n) is 7.37. The summed E-state index contributed by atoms with van der Waals surface area (Å²) in [5, 5.41) is 14.2. The monoisotopic (exact) mass is 423 g/mol. The highest BCUT2D eigenvalue weighted by atomic mass is 32.1. The molecule has 0 fully saturated rings. The number of thiocarbonyl (C=S) groups is 1. The van der Waals surface area contributed by atoms with Crippen LogP contribution in [0.1, 0.15) is 30.0 Å². The van der Waals surface area contributed by atoms with Gasteiger partial charge in [0.05, 0.1) is 6.54 Å². The smallest absolute Gasteiger partial charge is 0.253 e. The number of aryl methyl sites for hydroxylation is 1. The van der Waals surface area contributed by atoms with Crippen LogP contribution in [0.3, 0.4) is 0 Å². The van der Waals surface area contributed by atoms with E-state index in [2.05, 4.69) is 35.4 Å². The van der Waals surface area contributed by atoms with Gasteiger partial charge in [0.15, 0.2) is 5.11 Å². The lowest BCUT2D eigenvalue weighted by Gasteiger charge is -2.25. The van der Waals surface area contributed by atoms with Gasteiger partial charge in [-0.05, 0) is 66.2 Å². The number of nitrogens with zero attached hydrogens (tertiary/aromatic N) is 1. The number of aliphatic hydroxyl groups excluding tert-OH is 1. The van der Waals surface area contributed by atoms with Gasteiger partial charge in [0, 0.05) is 30.8 Å². The van der Waals surface area contributed by atoms with E-state index in [-0.39, 0.29) is 12.2 Å². The second-order valence-corrected chi connectivity index (χ2v) is 7.75. The van der Waals surface area contributed by atoms with Crippen LogP contribution in [-0.2, 0) is 19.4 Å². The number of hydrogen-bond donors (Lipinski definition) is 3. The molecule has 0 saturated carbocycles. The van der Waals surface area contributed by atoms with Crippen LogP contribution in [0.25, 0.3) is 10.9 Å². The molecule has 0 spiro atoms. The lowest BCUT2D eigenvalue weighted by molar-refractivity contribution is 0.264. The quantitative estimate of drug-likeness (QED) is 0.460. The third kappa shape index (κ3) is 5.90. The molecule has 0 aliphatic rings. The Morgan fingerprint density at radius 2 is 1.93 bits per heavy atom. The third-order valence-electron chi connectivity index (χ3n) is 5.16. The molecule has 0 amide bonds. The Hall–Kier alpha value is -2.70. The minimum absolute atomic E-state index is 0.0804. The van der Waals surface area contributed by atoms with Gasteiger partial charge >= 0.3 is 0 Å². The van der Waals surface area contributed by atoms with Crippen molar-refractivity contribution in [1.29, 1.82) is 0 Å². The largest absolute Gasteiger partial charge is 0.396 e. The van der Waals surface area contributed by atoms with Crippen LogP contribution in [0, 0.1) is 0 Å². The first-order valence-corrected chi connectivity index (χ1v) is 10.8. The third-order valence-corrected chi connectivity index (χ3v) is 5.56. The van der Waals surface area contributed by atoms with E-state index in [1.165, 1.54) is 11.1 Å². The number of hydrogen-bond acceptors (Lipinski definition) is 3. The second kappa shape index (κ2) is 10.9. The lowest BCUT2D eigenvalue weighted by atomic mass is 10.1. The molecular formula is C24H29N3O2S. The number of aromatic nitrogens is 1. The van der Waals surface area contributed by atoms with Crippen molar-refractivity contribution in [1.82, 2.24) is 15.2 Å². The van der Waals surface area contributed by atoms with Crippen LogP contribution in [0.4, 0.5) is 0 Å². The molecule has 0 radical (unpaired) electrons. The number of nitrogens with one attached hydrogen (secondary N) is 2. The molecule has 3 aromatic rings. The van der Waals surface area contributed by atoms with Gasteiger partial charge in [-0.3, -0.25) is 4.79 Å². The Kier molecular flexibility index (Phi) is 7.99. The number of fused-ring (bicyclic) bond motifs is 1. The van der Waals surface area contributed by atoms with E-state index in [1.807, 2.05) is 41.3 Å². The highest BCUT2D eigenvalue weighted by Crippen LogP contribution is 2.15. The molecular weight excluding hydrogens is 394 g/mol. The van der Waals surface area contributed by atoms with Crippen molar-refractivity contribution in [2.45, 2.75) is 32.7 Å². The highest BCUT2D eigenvalue weighted by Gasteiger charge is 2.13. The minimum atomic E-state index is -0.104. The van der Waals surface area contributed by atoms with Gasteiger partial charge in [-0.1, -0.05) is 43.3 Å². The summed E-state index contributed by atoms with van der Waals surface area (Å²) in [5.41, 5.74) is 3.88. The van der Waals surface area contributed by atoms with E-state index in [4.69, 9.17) is 12.2 Å². The van der Waals surface area contributed by atoms with Crippen molar-refractivity contribution in [2.24, 2.45) is 0 Å². The lowest BCUT2D eigenvalue weighted by Crippen LogP contribution is -2.41. The maximum Gasteiger partial charge on any atom is 0.253 e. The molecule has 1 aromatic heterocycles. The van der Waals surface area contributed by atoms with E-state index in [9.17, 15) is 9.90 Å².